The Balaban J connectivity index is 2.17. The normalized spacial score (nSPS) is 39.9. The molecule has 2 heterocycles. The predicted octanol–water partition coefficient (Wildman–Crippen LogP) is 1.86. The van der Waals surface area contributed by atoms with E-state index in [-0.39, 0.29) is 0 Å². The van der Waals surface area contributed by atoms with Crippen LogP contribution in [0.4, 0.5) is 0 Å². The average molecular weight is 196 g/mol. The molecule has 0 aliphatic carbocycles. The first-order valence-corrected chi connectivity index (χ1v) is 6.12. The van der Waals surface area contributed by atoms with Crippen molar-refractivity contribution in [1.29, 1.82) is 0 Å². The summed E-state index contributed by atoms with van der Waals surface area (Å²) in [5, 5.41) is 3.80. The molecule has 2 aliphatic heterocycles. The van der Waals surface area contributed by atoms with Crippen LogP contribution in [0.1, 0.15) is 39.5 Å². The van der Waals surface area contributed by atoms with Crippen LogP contribution in [0.25, 0.3) is 0 Å². The highest BCUT2D eigenvalue weighted by Gasteiger charge is 2.46. The Morgan fingerprint density at radius 2 is 2.14 bits per heavy atom. The van der Waals surface area contributed by atoms with Crippen LogP contribution >= 0.6 is 0 Å². The summed E-state index contributed by atoms with van der Waals surface area (Å²) in [4.78, 5) is 2.57. The van der Waals surface area contributed by atoms with Crippen molar-refractivity contribution in [3.63, 3.8) is 0 Å². The van der Waals surface area contributed by atoms with E-state index in [0.717, 1.165) is 12.0 Å². The quantitative estimate of drug-likeness (QED) is 0.725. The first-order chi connectivity index (χ1) is 6.67. The summed E-state index contributed by atoms with van der Waals surface area (Å²) in [6, 6.07) is 0.782. The number of nitrogens with one attached hydrogen (secondary N) is 1. The number of rotatable bonds is 2. The van der Waals surface area contributed by atoms with Gasteiger partial charge < -0.3 is 10.2 Å². The third-order valence-corrected chi connectivity index (χ3v) is 4.37. The van der Waals surface area contributed by atoms with E-state index in [1.165, 1.54) is 38.8 Å². The molecule has 0 spiro atoms. The molecule has 0 aromatic heterocycles. The van der Waals surface area contributed by atoms with E-state index in [0.29, 0.717) is 5.54 Å². The zero-order valence-corrected chi connectivity index (χ0v) is 9.84. The van der Waals surface area contributed by atoms with Crippen LogP contribution in [-0.2, 0) is 0 Å². The second-order valence-electron chi connectivity index (χ2n) is 5.36. The molecule has 0 radical (unpaired) electrons. The third-order valence-electron chi connectivity index (χ3n) is 4.37. The Bertz CT molecular complexity index is 194. The zero-order valence-electron chi connectivity index (χ0n) is 9.84. The molecule has 0 bridgehead atoms. The van der Waals surface area contributed by atoms with Gasteiger partial charge in [0.25, 0.3) is 0 Å². The maximum Gasteiger partial charge on any atom is 0.0360 e. The fourth-order valence-corrected chi connectivity index (χ4v) is 3.51. The van der Waals surface area contributed by atoms with Crippen molar-refractivity contribution in [3.8, 4) is 0 Å². The van der Waals surface area contributed by atoms with Crippen molar-refractivity contribution in [3.05, 3.63) is 0 Å². The summed E-state index contributed by atoms with van der Waals surface area (Å²) < 4.78 is 0. The van der Waals surface area contributed by atoms with Crippen molar-refractivity contribution in [1.82, 2.24) is 10.2 Å². The molecule has 2 atom stereocenters. The fourth-order valence-electron chi connectivity index (χ4n) is 3.51. The van der Waals surface area contributed by atoms with Crippen molar-refractivity contribution >= 4 is 0 Å². The van der Waals surface area contributed by atoms with Gasteiger partial charge in [0.1, 0.15) is 0 Å². The van der Waals surface area contributed by atoms with Gasteiger partial charge in [-0.05, 0) is 51.7 Å². The number of likely N-dealkylation sites (N-methyl/N-ethyl adjacent to an activating group) is 1. The molecule has 2 unspecified atom stereocenters. The van der Waals surface area contributed by atoms with E-state index < -0.39 is 0 Å². The lowest BCUT2D eigenvalue weighted by Crippen LogP contribution is -2.58. The standard InChI is InChI=1S/C12H24N2/c1-10(2)12(7-5-8-13-12)11-6-4-9-14(11)3/h10-11,13H,4-9H2,1-3H3. The van der Waals surface area contributed by atoms with Crippen LogP contribution in [0, 0.1) is 5.92 Å². The monoisotopic (exact) mass is 196 g/mol. The molecule has 2 nitrogen and oxygen atoms in total. The van der Waals surface area contributed by atoms with Crippen molar-refractivity contribution < 1.29 is 0 Å². The lowest BCUT2D eigenvalue weighted by Gasteiger charge is -2.43. The van der Waals surface area contributed by atoms with Crippen LogP contribution in [0.15, 0.2) is 0 Å². The molecular formula is C12H24N2. The van der Waals surface area contributed by atoms with Gasteiger partial charge in [0.05, 0.1) is 0 Å². The van der Waals surface area contributed by atoms with Crippen molar-refractivity contribution in [2.24, 2.45) is 5.92 Å². The predicted molar refractivity (Wildman–Crippen MR) is 60.5 cm³/mol. The highest BCUT2D eigenvalue weighted by molar-refractivity contribution is 5.06. The minimum absolute atomic E-state index is 0.422. The minimum Gasteiger partial charge on any atom is -0.310 e. The SMILES string of the molecule is CC(C)C1(C2CCCN2C)CCCN1. The zero-order chi connectivity index (χ0) is 10.2. The van der Waals surface area contributed by atoms with Gasteiger partial charge in [-0.1, -0.05) is 13.8 Å². The van der Waals surface area contributed by atoms with E-state index in [1.807, 2.05) is 0 Å². The second-order valence-corrected chi connectivity index (χ2v) is 5.36. The minimum atomic E-state index is 0.422. The molecule has 0 aromatic rings. The van der Waals surface area contributed by atoms with Gasteiger partial charge in [-0.15, -0.1) is 0 Å². The van der Waals surface area contributed by atoms with Gasteiger partial charge in [0.2, 0.25) is 0 Å². The summed E-state index contributed by atoms with van der Waals surface area (Å²) in [6.07, 6.45) is 5.52. The average Bonchev–Trinajstić information content (AvgIpc) is 2.72. The Morgan fingerprint density at radius 3 is 2.57 bits per heavy atom. The molecule has 14 heavy (non-hydrogen) atoms. The van der Waals surface area contributed by atoms with Gasteiger partial charge in [-0.3, -0.25) is 0 Å². The smallest absolute Gasteiger partial charge is 0.0360 e. The summed E-state index contributed by atoms with van der Waals surface area (Å²) in [7, 11) is 2.29. The molecular weight excluding hydrogens is 172 g/mol. The maximum absolute atomic E-state index is 3.80. The van der Waals surface area contributed by atoms with Gasteiger partial charge in [-0.25, -0.2) is 0 Å². The Hall–Kier alpha value is -0.0800. The molecule has 0 aromatic carbocycles. The maximum atomic E-state index is 3.80. The largest absolute Gasteiger partial charge is 0.310 e. The number of hydrogen-bond acceptors (Lipinski definition) is 2. The highest BCUT2D eigenvalue weighted by atomic mass is 15.2. The molecule has 1 N–H and O–H groups in total. The van der Waals surface area contributed by atoms with E-state index in [1.54, 1.807) is 0 Å². The first kappa shape index (κ1) is 10.4. The summed E-state index contributed by atoms with van der Waals surface area (Å²) >= 11 is 0. The van der Waals surface area contributed by atoms with Gasteiger partial charge >= 0.3 is 0 Å². The molecule has 2 fully saturated rings. The van der Waals surface area contributed by atoms with E-state index in [2.05, 4.69) is 31.1 Å². The van der Waals surface area contributed by atoms with E-state index >= 15 is 0 Å². The van der Waals surface area contributed by atoms with Gasteiger partial charge in [0, 0.05) is 11.6 Å². The van der Waals surface area contributed by atoms with Crippen LogP contribution in [0.5, 0.6) is 0 Å². The van der Waals surface area contributed by atoms with Gasteiger partial charge in [-0.2, -0.15) is 0 Å². The molecule has 82 valence electrons. The van der Waals surface area contributed by atoms with E-state index in [4.69, 9.17) is 0 Å². The Kier molecular flexibility index (Phi) is 2.85. The molecule has 0 saturated carbocycles. The molecule has 2 aliphatic rings. The summed E-state index contributed by atoms with van der Waals surface area (Å²) in [5.74, 6) is 0.760. The Labute approximate surface area is 88.1 Å². The number of hydrogen-bond donors (Lipinski definition) is 1. The van der Waals surface area contributed by atoms with Gasteiger partial charge in [0.15, 0.2) is 0 Å². The topological polar surface area (TPSA) is 15.3 Å². The summed E-state index contributed by atoms with van der Waals surface area (Å²) in [5.41, 5.74) is 0.422. The molecule has 0 amide bonds. The second kappa shape index (κ2) is 3.82. The van der Waals surface area contributed by atoms with E-state index in [9.17, 15) is 0 Å². The lowest BCUT2D eigenvalue weighted by atomic mass is 9.77. The number of likely N-dealkylation sites (tertiary alicyclic amines) is 1. The fraction of sp³-hybridized carbons (Fsp3) is 1.00. The van der Waals surface area contributed by atoms with Crippen LogP contribution in [0.2, 0.25) is 0 Å². The summed E-state index contributed by atoms with van der Waals surface area (Å²) in [6.45, 7) is 7.28. The first-order valence-electron chi connectivity index (χ1n) is 6.12. The molecule has 2 rings (SSSR count). The van der Waals surface area contributed by atoms with Crippen LogP contribution in [0.3, 0.4) is 0 Å². The third kappa shape index (κ3) is 1.49. The molecule has 2 heteroatoms. The van der Waals surface area contributed by atoms with Crippen LogP contribution < -0.4 is 5.32 Å². The van der Waals surface area contributed by atoms with Crippen LogP contribution in [-0.4, -0.2) is 36.6 Å². The highest BCUT2D eigenvalue weighted by Crippen LogP contribution is 2.37. The number of nitrogens with zero attached hydrogens (tertiary/aromatic N) is 1. The lowest BCUT2D eigenvalue weighted by molar-refractivity contribution is 0.126. The van der Waals surface area contributed by atoms with Crippen molar-refractivity contribution in [2.75, 3.05) is 20.1 Å². The Morgan fingerprint density at radius 1 is 1.36 bits per heavy atom. The van der Waals surface area contributed by atoms with Crippen molar-refractivity contribution in [2.45, 2.75) is 51.1 Å². The molecule has 2 saturated heterocycles.